The number of benzene rings is 1. The molecular formula is C13H17BrN2O2. The molecule has 98 valence electrons. The first-order valence-electron chi connectivity index (χ1n) is 6.06. The highest BCUT2D eigenvalue weighted by Crippen LogP contribution is 2.24. The van der Waals surface area contributed by atoms with E-state index >= 15 is 0 Å². The smallest absolute Gasteiger partial charge is 0.252 e. The van der Waals surface area contributed by atoms with E-state index in [1.54, 1.807) is 18.2 Å². The Kier molecular flexibility index (Phi) is 4.24. The van der Waals surface area contributed by atoms with Crippen LogP contribution in [0, 0.1) is 0 Å². The maximum absolute atomic E-state index is 12.1. The predicted molar refractivity (Wildman–Crippen MR) is 74.5 cm³/mol. The zero-order valence-corrected chi connectivity index (χ0v) is 11.9. The van der Waals surface area contributed by atoms with Gasteiger partial charge < -0.3 is 15.8 Å². The maximum Gasteiger partial charge on any atom is 0.252 e. The number of nitrogens with two attached hydrogens (primary N) is 1. The molecule has 0 saturated carbocycles. The van der Waals surface area contributed by atoms with Gasteiger partial charge in [-0.25, -0.2) is 0 Å². The van der Waals surface area contributed by atoms with E-state index in [2.05, 4.69) is 21.2 Å². The monoisotopic (exact) mass is 312 g/mol. The third-order valence-electron chi connectivity index (χ3n) is 3.15. The van der Waals surface area contributed by atoms with Gasteiger partial charge in [0.15, 0.2) is 0 Å². The van der Waals surface area contributed by atoms with Gasteiger partial charge in [0.2, 0.25) is 0 Å². The van der Waals surface area contributed by atoms with Crippen LogP contribution < -0.4 is 11.1 Å². The van der Waals surface area contributed by atoms with Gasteiger partial charge in [-0.15, -0.1) is 0 Å². The zero-order valence-electron chi connectivity index (χ0n) is 10.3. The summed E-state index contributed by atoms with van der Waals surface area (Å²) >= 11 is 3.34. The lowest BCUT2D eigenvalue weighted by Gasteiger charge is -2.20. The summed E-state index contributed by atoms with van der Waals surface area (Å²) in [6.45, 7) is 2.75. The molecule has 18 heavy (non-hydrogen) atoms. The summed E-state index contributed by atoms with van der Waals surface area (Å²) < 4.78 is 6.20. The van der Waals surface area contributed by atoms with Crippen molar-refractivity contribution < 1.29 is 9.53 Å². The minimum absolute atomic E-state index is 0.00771. The van der Waals surface area contributed by atoms with Gasteiger partial charge in [-0.2, -0.15) is 0 Å². The number of amides is 1. The molecule has 4 nitrogen and oxygen atoms in total. The van der Waals surface area contributed by atoms with Crippen molar-refractivity contribution in [2.75, 3.05) is 12.3 Å². The third-order valence-corrected chi connectivity index (χ3v) is 4.04. The number of hydrogen-bond acceptors (Lipinski definition) is 3. The molecule has 0 bridgehead atoms. The van der Waals surface area contributed by atoms with Gasteiger partial charge >= 0.3 is 0 Å². The summed E-state index contributed by atoms with van der Waals surface area (Å²) in [6, 6.07) is 5.28. The van der Waals surface area contributed by atoms with Gasteiger partial charge in [-0.3, -0.25) is 4.79 Å². The molecule has 1 amide bonds. The lowest BCUT2D eigenvalue weighted by molar-refractivity contribution is 0.0712. The Morgan fingerprint density at radius 2 is 2.39 bits per heavy atom. The second kappa shape index (κ2) is 5.71. The summed E-state index contributed by atoms with van der Waals surface area (Å²) in [5, 5.41) is 2.96. The van der Waals surface area contributed by atoms with E-state index in [9.17, 15) is 4.79 Å². The minimum Gasteiger partial charge on any atom is -0.398 e. The van der Waals surface area contributed by atoms with Crippen LogP contribution in [0.2, 0.25) is 0 Å². The molecule has 1 aromatic rings. The van der Waals surface area contributed by atoms with Crippen LogP contribution in [0.25, 0.3) is 0 Å². The average Bonchev–Trinajstić information content (AvgIpc) is 2.86. The highest BCUT2D eigenvalue weighted by molar-refractivity contribution is 9.10. The molecule has 2 unspecified atom stereocenters. The Morgan fingerprint density at radius 1 is 1.61 bits per heavy atom. The standard InChI is InChI=1S/C13H17BrN2O2/c1-8(11-6-3-7-18-11)16-13(17)9-4-2-5-10(15)12(9)14/h2,4-5,8,11H,3,6-7,15H2,1H3,(H,16,17). The van der Waals surface area contributed by atoms with Crippen LogP contribution in [0.15, 0.2) is 22.7 Å². The molecule has 1 aromatic carbocycles. The van der Waals surface area contributed by atoms with Crippen LogP contribution in [0.3, 0.4) is 0 Å². The number of anilines is 1. The molecule has 1 aliphatic heterocycles. The number of hydrogen-bond donors (Lipinski definition) is 2. The van der Waals surface area contributed by atoms with Crippen molar-refractivity contribution in [3.05, 3.63) is 28.2 Å². The molecule has 1 saturated heterocycles. The van der Waals surface area contributed by atoms with Gasteiger partial charge in [0.25, 0.3) is 5.91 Å². The van der Waals surface area contributed by atoms with Gasteiger partial charge in [0.1, 0.15) is 0 Å². The lowest BCUT2D eigenvalue weighted by Crippen LogP contribution is -2.40. The van der Waals surface area contributed by atoms with E-state index in [4.69, 9.17) is 10.5 Å². The average molecular weight is 313 g/mol. The first-order chi connectivity index (χ1) is 8.59. The van der Waals surface area contributed by atoms with E-state index < -0.39 is 0 Å². The number of halogens is 1. The highest BCUT2D eigenvalue weighted by atomic mass is 79.9. The number of ether oxygens (including phenoxy) is 1. The molecule has 1 aliphatic rings. The molecule has 0 radical (unpaired) electrons. The fraction of sp³-hybridized carbons (Fsp3) is 0.462. The summed E-state index contributed by atoms with van der Waals surface area (Å²) in [5.74, 6) is -0.128. The largest absolute Gasteiger partial charge is 0.398 e. The van der Waals surface area contributed by atoms with Gasteiger partial charge in [-0.05, 0) is 47.8 Å². The molecular weight excluding hydrogens is 296 g/mol. The summed E-state index contributed by atoms with van der Waals surface area (Å²) in [5.41, 5.74) is 6.88. The van der Waals surface area contributed by atoms with Gasteiger partial charge in [0.05, 0.1) is 22.2 Å². The van der Waals surface area contributed by atoms with Gasteiger partial charge in [0, 0.05) is 12.3 Å². The van der Waals surface area contributed by atoms with Crippen molar-refractivity contribution in [3.8, 4) is 0 Å². The second-order valence-corrected chi connectivity index (χ2v) is 5.32. The Balaban J connectivity index is 2.05. The molecule has 3 N–H and O–H groups in total. The topological polar surface area (TPSA) is 64.4 Å². The Bertz CT molecular complexity index is 445. The molecule has 2 atom stereocenters. The summed E-state index contributed by atoms with van der Waals surface area (Å²) in [4.78, 5) is 12.1. The Hall–Kier alpha value is -1.07. The SMILES string of the molecule is CC(NC(=O)c1cccc(N)c1Br)C1CCCO1. The van der Waals surface area contributed by atoms with Crippen molar-refractivity contribution in [1.29, 1.82) is 0 Å². The summed E-state index contributed by atoms with van der Waals surface area (Å²) in [6.07, 6.45) is 2.18. The molecule has 0 spiro atoms. The van der Waals surface area contributed by atoms with Crippen molar-refractivity contribution in [2.45, 2.75) is 31.9 Å². The fourth-order valence-corrected chi connectivity index (χ4v) is 2.54. The number of nitrogens with one attached hydrogen (secondary N) is 1. The number of nitrogen functional groups attached to an aromatic ring is 1. The second-order valence-electron chi connectivity index (χ2n) is 4.52. The van der Waals surface area contributed by atoms with Crippen molar-refractivity contribution in [3.63, 3.8) is 0 Å². The fourth-order valence-electron chi connectivity index (χ4n) is 2.10. The van der Waals surface area contributed by atoms with E-state index in [0.717, 1.165) is 19.4 Å². The summed E-state index contributed by atoms with van der Waals surface area (Å²) in [7, 11) is 0. The van der Waals surface area contributed by atoms with Crippen LogP contribution >= 0.6 is 15.9 Å². The van der Waals surface area contributed by atoms with Crippen LogP contribution in [0.1, 0.15) is 30.1 Å². The Labute approximate surface area is 115 Å². The first kappa shape index (κ1) is 13.4. The van der Waals surface area contributed by atoms with Crippen molar-refractivity contribution in [1.82, 2.24) is 5.32 Å². The normalized spacial score (nSPS) is 20.7. The Morgan fingerprint density at radius 3 is 3.06 bits per heavy atom. The third kappa shape index (κ3) is 2.84. The quantitative estimate of drug-likeness (QED) is 0.842. The highest BCUT2D eigenvalue weighted by Gasteiger charge is 2.24. The molecule has 2 rings (SSSR count). The molecule has 1 fully saturated rings. The van der Waals surface area contributed by atoms with E-state index in [0.29, 0.717) is 15.7 Å². The number of carbonyl (C=O) groups is 1. The van der Waals surface area contributed by atoms with E-state index in [1.807, 2.05) is 6.92 Å². The minimum atomic E-state index is -0.128. The number of carbonyl (C=O) groups excluding carboxylic acids is 1. The lowest BCUT2D eigenvalue weighted by atomic mass is 10.1. The van der Waals surface area contributed by atoms with Crippen LogP contribution in [-0.2, 0) is 4.74 Å². The van der Waals surface area contributed by atoms with Crippen molar-refractivity contribution >= 4 is 27.5 Å². The van der Waals surface area contributed by atoms with Crippen LogP contribution in [-0.4, -0.2) is 24.7 Å². The van der Waals surface area contributed by atoms with Crippen molar-refractivity contribution in [2.24, 2.45) is 0 Å². The zero-order chi connectivity index (χ0) is 13.1. The number of rotatable bonds is 3. The van der Waals surface area contributed by atoms with Crippen LogP contribution in [0.5, 0.6) is 0 Å². The van der Waals surface area contributed by atoms with Gasteiger partial charge in [-0.1, -0.05) is 6.07 Å². The van der Waals surface area contributed by atoms with E-state index in [-0.39, 0.29) is 18.1 Å². The molecule has 0 aliphatic carbocycles. The molecule has 5 heteroatoms. The van der Waals surface area contributed by atoms with Crippen LogP contribution in [0.4, 0.5) is 5.69 Å². The molecule has 0 aromatic heterocycles. The molecule has 1 heterocycles. The van der Waals surface area contributed by atoms with E-state index in [1.165, 1.54) is 0 Å². The predicted octanol–water partition coefficient (Wildman–Crippen LogP) is 2.33. The first-order valence-corrected chi connectivity index (χ1v) is 6.85. The maximum atomic E-state index is 12.1.